The van der Waals surface area contributed by atoms with Gasteiger partial charge in [0.25, 0.3) is 0 Å². The molecule has 16 rings (SSSR count). The third kappa shape index (κ3) is 17.6. The van der Waals surface area contributed by atoms with Crippen LogP contribution in [0.2, 0.25) is 0 Å². The van der Waals surface area contributed by atoms with Gasteiger partial charge in [0.2, 0.25) is 0 Å². The van der Waals surface area contributed by atoms with Crippen LogP contribution in [-0.4, -0.2) is 43.2 Å². The Morgan fingerprint density at radius 1 is 0.265 bits per heavy atom. The Balaban J connectivity index is 0.000000122. The Morgan fingerprint density at radius 2 is 0.510 bits per heavy atom. The number of hydrogen-bond donors (Lipinski definition) is 0. The summed E-state index contributed by atoms with van der Waals surface area (Å²) in [5.74, 6) is 5.31. The first-order valence-corrected chi connectivity index (χ1v) is 35.7. The van der Waals surface area contributed by atoms with E-state index in [0.29, 0.717) is 37.4 Å². The normalized spacial score (nSPS) is 18.0. The van der Waals surface area contributed by atoms with Gasteiger partial charge in [-0.25, -0.2) is 20.0 Å². The number of para-hydroxylation sites is 6. The zero-order valence-electron chi connectivity index (χ0n) is 58.7. The predicted molar refractivity (Wildman–Crippen MR) is 426 cm³/mol. The van der Waals surface area contributed by atoms with Gasteiger partial charge in [0, 0.05) is 55.0 Å². The van der Waals surface area contributed by atoms with Gasteiger partial charge in [0.05, 0.1) is 53.5 Å². The fourth-order valence-corrected chi connectivity index (χ4v) is 13.1. The van der Waals surface area contributed by atoms with Crippen molar-refractivity contribution in [2.45, 2.75) is 84.0 Å². The summed E-state index contributed by atoms with van der Waals surface area (Å²) < 4.78 is 11.3. The molecule has 4 heterocycles. The molecule has 508 valence electrons. The van der Waals surface area contributed by atoms with E-state index in [2.05, 4.69) is 290 Å². The molecule has 4 saturated heterocycles. The highest BCUT2D eigenvalue weighted by Gasteiger charge is 2.40. The second kappa shape index (κ2) is 34.4. The molecule has 0 aliphatic carbocycles. The van der Waals surface area contributed by atoms with Crippen molar-refractivity contribution in [2.75, 3.05) is 39.4 Å². The molecule has 0 aromatic heterocycles. The first-order chi connectivity index (χ1) is 50.3. The number of hydrogen-bond acceptors (Lipinski definition) is 6. The van der Waals surface area contributed by atoms with Crippen LogP contribution in [0.25, 0.3) is 0 Å². The lowest BCUT2D eigenvalue weighted by atomic mass is 9.92. The average Bonchev–Trinajstić information content (AvgIpc) is 0.832. The summed E-state index contributed by atoms with van der Waals surface area (Å²) in [7, 11) is 0. The lowest BCUT2D eigenvalue weighted by Crippen LogP contribution is -2.46. The van der Waals surface area contributed by atoms with Crippen LogP contribution < -0.4 is 24.3 Å². The van der Waals surface area contributed by atoms with Crippen molar-refractivity contribution in [2.24, 2.45) is 20.0 Å². The average molecular weight is 1340 g/mol. The van der Waals surface area contributed by atoms with Gasteiger partial charge in [0.1, 0.15) is 35.7 Å². The Bertz CT molecular complexity index is 4510. The Labute approximate surface area is 602 Å². The Morgan fingerprint density at radius 3 is 0.804 bits per heavy atom. The third-order valence-corrected chi connectivity index (χ3v) is 18.6. The van der Waals surface area contributed by atoms with Crippen molar-refractivity contribution in [3.8, 4) is 5.75 Å². The molecule has 12 aromatic rings. The van der Waals surface area contributed by atoms with E-state index in [1.807, 2.05) is 97.1 Å². The SMILES string of the molecule is CCCOCCOc1ccc(N2C(=Nc3ccccc3)CC2c2ccccc2)cc1.Cc1ccc(C2CC(=Nc3ccccc3)N2c2ccccc2)cc1.Cc1ccc(C2CC(=Nc3ccccc3)N2c2ccccc2)cc1.Cc1ccc(N2C(=Nc3ccccc3)CC2c2ccccc2)cc1. The van der Waals surface area contributed by atoms with Crippen LogP contribution in [0.15, 0.2) is 360 Å². The largest absolute Gasteiger partial charge is 0.491 e. The lowest BCUT2D eigenvalue weighted by molar-refractivity contribution is 0.101. The molecule has 10 heteroatoms. The molecule has 12 aromatic carbocycles. The molecule has 0 radical (unpaired) electrons. The minimum atomic E-state index is 0.294. The van der Waals surface area contributed by atoms with Gasteiger partial charge in [-0.15, -0.1) is 0 Å². The number of aliphatic imine (C=N–C) groups is 4. The summed E-state index contributed by atoms with van der Waals surface area (Å²) in [5, 5.41) is 0. The van der Waals surface area contributed by atoms with Crippen molar-refractivity contribution in [1.82, 2.24) is 0 Å². The minimum absolute atomic E-state index is 0.294. The van der Waals surface area contributed by atoms with E-state index >= 15 is 0 Å². The van der Waals surface area contributed by atoms with Gasteiger partial charge in [-0.2, -0.15) is 0 Å². The van der Waals surface area contributed by atoms with Crippen LogP contribution in [0.3, 0.4) is 0 Å². The summed E-state index contributed by atoms with van der Waals surface area (Å²) >= 11 is 0. The summed E-state index contributed by atoms with van der Waals surface area (Å²) in [4.78, 5) is 28.8. The second-order valence-corrected chi connectivity index (χ2v) is 25.9. The summed E-state index contributed by atoms with van der Waals surface area (Å²) in [6, 6.07) is 119. The number of nitrogens with zero attached hydrogens (tertiary/aromatic N) is 8. The van der Waals surface area contributed by atoms with E-state index in [0.717, 1.165) is 96.2 Å². The molecular weight excluding hydrogens is 1250 g/mol. The molecule has 0 N–H and O–H groups in total. The number of benzene rings is 12. The third-order valence-electron chi connectivity index (χ3n) is 18.6. The maximum Gasteiger partial charge on any atom is 0.119 e. The van der Waals surface area contributed by atoms with Crippen molar-refractivity contribution in [3.05, 3.63) is 379 Å². The summed E-state index contributed by atoms with van der Waals surface area (Å²) in [6.45, 7) is 10.4. The van der Waals surface area contributed by atoms with Crippen LogP contribution in [-0.2, 0) is 4.74 Å². The molecule has 4 aliphatic heterocycles. The molecule has 4 aliphatic rings. The van der Waals surface area contributed by atoms with E-state index < -0.39 is 0 Å². The van der Waals surface area contributed by atoms with Crippen molar-refractivity contribution in [1.29, 1.82) is 0 Å². The summed E-state index contributed by atoms with van der Waals surface area (Å²) in [6.07, 6.45) is 4.85. The maximum absolute atomic E-state index is 5.80. The quantitative estimate of drug-likeness (QED) is 0.0797. The standard InChI is InChI=1S/C26H28N2O2.3C22H20N2/c1-2-17-29-18-19-30-24-15-13-23(14-16-24)28-25(21-9-5-3-6-10-21)20-26(28)27-22-11-7-4-8-12-22;2*1-17-12-14-18(15-13-17)21-16-22(23-19-8-4-2-5-9-19)24(21)20-10-6-3-7-11-20;1-17-12-14-20(15-13-17)24-21(18-8-4-2-5-9-18)16-22(24)23-19-10-6-3-7-11-19/h3-16,25H,2,17-20H2,1H3;3*2-15,21H,16H2,1H3. The zero-order chi connectivity index (χ0) is 69.7. The number of ether oxygens (including phenoxy) is 2. The van der Waals surface area contributed by atoms with E-state index in [-0.39, 0.29) is 0 Å². The van der Waals surface area contributed by atoms with Crippen LogP contribution in [0.4, 0.5) is 45.5 Å². The number of rotatable bonds is 18. The number of aryl methyl sites for hydroxylation is 3. The van der Waals surface area contributed by atoms with E-state index in [4.69, 9.17) is 29.4 Å². The van der Waals surface area contributed by atoms with Crippen LogP contribution >= 0.6 is 0 Å². The smallest absolute Gasteiger partial charge is 0.119 e. The fraction of sp³-hybridized carbons (Fsp3) is 0.174. The molecule has 0 bridgehead atoms. The van der Waals surface area contributed by atoms with Gasteiger partial charge in [-0.1, -0.05) is 254 Å². The van der Waals surface area contributed by atoms with Crippen LogP contribution in [0.5, 0.6) is 5.75 Å². The van der Waals surface area contributed by atoms with Gasteiger partial charge >= 0.3 is 0 Å². The number of anilines is 4. The van der Waals surface area contributed by atoms with Crippen LogP contribution in [0.1, 0.15) is 102 Å². The minimum Gasteiger partial charge on any atom is -0.491 e. The number of amidine groups is 4. The Kier molecular flexibility index (Phi) is 23.2. The fourth-order valence-electron chi connectivity index (χ4n) is 13.1. The topological polar surface area (TPSA) is 80.9 Å². The molecule has 10 nitrogen and oxygen atoms in total. The highest BCUT2D eigenvalue weighted by Crippen LogP contribution is 2.45. The zero-order valence-corrected chi connectivity index (χ0v) is 58.7. The maximum atomic E-state index is 5.80. The van der Waals surface area contributed by atoms with Crippen molar-refractivity contribution >= 4 is 68.8 Å². The van der Waals surface area contributed by atoms with Gasteiger partial charge in [-0.3, -0.25) is 0 Å². The first-order valence-electron chi connectivity index (χ1n) is 35.7. The molecule has 4 fully saturated rings. The van der Waals surface area contributed by atoms with E-state index in [1.54, 1.807) is 0 Å². The van der Waals surface area contributed by atoms with Gasteiger partial charge in [0.15, 0.2) is 0 Å². The molecule has 0 saturated carbocycles. The van der Waals surface area contributed by atoms with Crippen molar-refractivity contribution < 1.29 is 9.47 Å². The molecule has 0 amide bonds. The molecule has 4 atom stereocenters. The van der Waals surface area contributed by atoms with Gasteiger partial charge < -0.3 is 29.1 Å². The highest BCUT2D eigenvalue weighted by atomic mass is 16.5. The van der Waals surface area contributed by atoms with E-state index in [1.165, 1.54) is 56.0 Å². The van der Waals surface area contributed by atoms with Crippen molar-refractivity contribution in [3.63, 3.8) is 0 Å². The van der Waals surface area contributed by atoms with Gasteiger partial charge in [-0.05, 0) is 159 Å². The van der Waals surface area contributed by atoms with E-state index in [9.17, 15) is 0 Å². The highest BCUT2D eigenvalue weighted by molar-refractivity contribution is 6.09. The van der Waals surface area contributed by atoms with Crippen LogP contribution in [0, 0.1) is 20.8 Å². The molecule has 102 heavy (non-hydrogen) atoms. The lowest BCUT2D eigenvalue weighted by Gasteiger charge is -2.44. The molecular formula is C92H88N8O2. The second-order valence-electron chi connectivity index (χ2n) is 25.9. The molecule has 4 unspecified atom stereocenters. The monoisotopic (exact) mass is 1340 g/mol. The first kappa shape index (κ1) is 68.8. The Hall–Kier alpha value is -11.7. The predicted octanol–water partition coefficient (Wildman–Crippen LogP) is 23.2. The summed E-state index contributed by atoms with van der Waals surface area (Å²) in [5.41, 5.74) is 17.9. The molecule has 0 spiro atoms.